The van der Waals surface area contributed by atoms with Crippen LogP contribution in [0, 0.1) is 3.57 Å². The van der Waals surface area contributed by atoms with Gasteiger partial charge in [-0.05, 0) is 35.1 Å². The normalized spacial score (nSPS) is 11.6. The summed E-state index contributed by atoms with van der Waals surface area (Å²) < 4.78 is 7.19. The molecule has 1 heterocycles. The van der Waals surface area contributed by atoms with Gasteiger partial charge in [0.15, 0.2) is 0 Å². The van der Waals surface area contributed by atoms with Gasteiger partial charge >= 0.3 is 0 Å². The second-order valence-corrected chi connectivity index (χ2v) is 5.67. The van der Waals surface area contributed by atoms with E-state index in [1.165, 1.54) is 14.5 Å². The molecule has 92 valence electrons. The highest BCUT2D eigenvalue weighted by Gasteiger charge is 2.14. The summed E-state index contributed by atoms with van der Waals surface area (Å²) in [5.41, 5.74) is 2.37. The van der Waals surface area contributed by atoms with Crippen LogP contribution < -0.4 is 5.32 Å². The van der Waals surface area contributed by atoms with E-state index in [4.69, 9.17) is 4.42 Å². The number of nitrogens with one attached hydrogen (secondary N) is 1. The Morgan fingerprint density at radius 3 is 2.76 bits per heavy atom. The van der Waals surface area contributed by atoms with Crippen LogP contribution >= 0.6 is 22.6 Å². The van der Waals surface area contributed by atoms with Gasteiger partial charge in [-0.2, -0.15) is 0 Å². The molecule has 0 radical (unpaired) electrons. The van der Waals surface area contributed by atoms with Gasteiger partial charge in [0.1, 0.15) is 11.3 Å². The SMILES string of the molecule is CCc1c(CNC(C)C)oc2c(I)cccc12. The molecule has 0 saturated heterocycles. The quantitative estimate of drug-likeness (QED) is 0.846. The zero-order chi connectivity index (χ0) is 12.4. The molecule has 1 aromatic heterocycles. The molecule has 2 nitrogen and oxygen atoms in total. The Bertz CT molecular complexity index is 516. The molecule has 0 saturated carbocycles. The highest BCUT2D eigenvalue weighted by molar-refractivity contribution is 14.1. The molecule has 0 bridgehead atoms. The van der Waals surface area contributed by atoms with Crippen LogP contribution in [0.15, 0.2) is 22.6 Å². The van der Waals surface area contributed by atoms with E-state index in [1.54, 1.807) is 0 Å². The lowest BCUT2D eigenvalue weighted by molar-refractivity contribution is 0.483. The summed E-state index contributed by atoms with van der Waals surface area (Å²) in [5.74, 6) is 1.08. The van der Waals surface area contributed by atoms with Crippen molar-refractivity contribution in [2.24, 2.45) is 0 Å². The summed E-state index contributed by atoms with van der Waals surface area (Å²) in [6.45, 7) is 7.30. The van der Waals surface area contributed by atoms with Gasteiger partial charge in [-0.15, -0.1) is 0 Å². The van der Waals surface area contributed by atoms with Crippen LogP contribution in [0.3, 0.4) is 0 Å². The van der Waals surface area contributed by atoms with Gasteiger partial charge < -0.3 is 9.73 Å². The second kappa shape index (κ2) is 5.40. The minimum Gasteiger partial charge on any atom is -0.458 e. The Kier molecular flexibility index (Phi) is 4.09. The Hall–Kier alpha value is -0.550. The van der Waals surface area contributed by atoms with Crippen LogP contribution in [0.25, 0.3) is 11.0 Å². The average molecular weight is 343 g/mol. The van der Waals surface area contributed by atoms with Crippen LogP contribution in [0.5, 0.6) is 0 Å². The number of furan rings is 1. The summed E-state index contributed by atoms with van der Waals surface area (Å²) in [6, 6.07) is 6.81. The number of hydrogen-bond donors (Lipinski definition) is 1. The molecule has 1 aromatic carbocycles. The topological polar surface area (TPSA) is 25.2 Å². The number of hydrogen-bond acceptors (Lipinski definition) is 2. The maximum Gasteiger partial charge on any atom is 0.147 e. The Morgan fingerprint density at radius 2 is 2.12 bits per heavy atom. The van der Waals surface area contributed by atoms with Crippen LogP contribution in [0.2, 0.25) is 0 Å². The molecule has 0 amide bonds. The van der Waals surface area contributed by atoms with E-state index in [9.17, 15) is 0 Å². The van der Waals surface area contributed by atoms with E-state index in [0.29, 0.717) is 6.04 Å². The number of para-hydroxylation sites is 1. The van der Waals surface area contributed by atoms with Crippen molar-refractivity contribution in [2.45, 2.75) is 39.8 Å². The van der Waals surface area contributed by atoms with Crippen molar-refractivity contribution in [2.75, 3.05) is 0 Å². The van der Waals surface area contributed by atoms with Crippen molar-refractivity contribution in [3.05, 3.63) is 33.1 Å². The number of aryl methyl sites for hydroxylation is 1. The van der Waals surface area contributed by atoms with Crippen molar-refractivity contribution in [3.63, 3.8) is 0 Å². The Morgan fingerprint density at radius 1 is 1.35 bits per heavy atom. The predicted octanol–water partition coefficient (Wildman–Crippen LogP) is 4.10. The molecule has 3 heteroatoms. The highest BCUT2D eigenvalue weighted by Crippen LogP contribution is 2.29. The van der Waals surface area contributed by atoms with Gasteiger partial charge in [0.05, 0.1) is 10.1 Å². The lowest BCUT2D eigenvalue weighted by Gasteiger charge is -2.06. The summed E-state index contributed by atoms with van der Waals surface area (Å²) in [4.78, 5) is 0. The number of rotatable bonds is 4. The minimum atomic E-state index is 0.479. The molecule has 0 aliphatic rings. The van der Waals surface area contributed by atoms with Gasteiger partial charge in [-0.25, -0.2) is 0 Å². The second-order valence-electron chi connectivity index (χ2n) is 4.51. The van der Waals surface area contributed by atoms with Gasteiger partial charge in [-0.1, -0.05) is 32.9 Å². The van der Waals surface area contributed by atoms with Crippen LogP contribution in [0.1, 0.15) is 32.1 Å². The molecule has 2 rings (SSSR count). The Balaban J connectivity index is 2.44. The first-order valence-electron chi connectivity index (χ1n) is 6.05. The number of benzene rings is 1. The van der Waals surface area contributed by atoms with E-state index in [-0.39, 0.29) is 0 Å². The van der Waals surface area contributed by atoms with Gasteiger partial charge in [0, 0.05) is 17.0 Å². The summed E-state index contributed by atoms with van der Waals surface area (Å²) in [5, 5.41) is 4.68. The predicted molar refractivity (Wildman–Crippen MR) is 80.3 cm³/mol. The molecule has 17 heavy (non-hydrogen) atoms. The zero-order valence-corrected chi connectivity index (χ0v) is 12.7. The fraction of sp³-hybridized carbons (Fsp3) is 0.429. The number of halogens is 1. The van der Waals surface area contributed by atoms with Crippen molar-refractivity contribution in [1.29, 1.82) is 0 Å². The van der Waals surface area contributed by atoms with Gasteiger partial charge in [0.25, 0.3) is 0 Å². The first-order valence-corrected chi connectivity index (χ1v) is 7.13. The van der Waals surface area contributed by atoms with Crippen LogP contribution in [-0.2, 0) is 13.0 Å². The smallest absolute Gasteiger partial charge is 0.147 e. The molecule has 0 atom stereocenters. The van der Waals surface area contributed by atoms with E-state index >= 15 is 0 Å². The van der Waals surface area contributed by atoms with Crippen LogP contribution in [-0.4, -0.2) is 6.04 Å². The summed E-state index contributed by atoms with van der Waals surface area (Å²) in [6.07, 6.45) is 1.02. The molecule has 0 unspecified atom stereocenters. The third kappa shape index (κ3) is 2.65. The molecule has 2 aromatic rings. The van der Waals surface area contributed by atoms with E-state index in [1.807, 2.05) is 0 Å². The largest absolute Gasteiger partial charge is 0.458 e. The van der Waals surface area contributed by atoms with E-state index < -0.39 is 0 Å². The fourth-order valence-electron chi connectivity index (χ4n) is 2.01. The van der Waals surface area contributed by atoms with Crippen molar-refractivity contribution in [3.8, 4) is 0 Å². The lowest BCUT2D eigenvalue weighted by atomic mass is 10.1. The molecule has 0 aliphatic heterocycles. The first kappa shape index (κ1) is 12.9. The van der Waals surface area contributed by atoms with Crippen molar-refractivity contribution in [1.82, 2.24) is 5.32 Å². The fourth-order valence-corrected chi connectivity index (χ4v) is 2.62. The molecule has 0 fully saturated rings. The Labute approximate surface area is 116 Å². The van der Waals surface area contributed by atoms with Gasteiger partial charge in [0.2, 0.25) is 0 Å². The number of fused-ring (bicyclic) bond motifs is 1. The van der Waals surface area contributed by atoms with Crippen molar-refractivity contribution < 1.29 is 4.42 Å². The maximum absolute atomic E-state index is 6.00. The molecule has 1 N–H and O–H groups in total. The third-order valence-electron chi connectivity index (χ3n) is 2.88. The molecular weight excluding hydrogens is 325 g/mol. The first-order chi connectivity index (χ1) is 8.13. The average Bonchev–Trinajstić information content (AvgIpc) is 2.65. The summed E-state index contributed by atoms with van der Waals surface area (Å²) in [7, 11) is 0. The molecule has 0 spiro atoms. The minimum absolute atomic E-state index is 0.479. The third-order valence-corrected chi connectivity index (χ3v) is 3.73. The summed E-state index contributed by atoms with van der Waals surface area (Å²) >= 11 is 2.33. The maximum atomic E-state index is 6.00. The van der Waals surface area contributed by atoms with Gasteiger partial charge in [-0.3, -0.25) is 0 Å². The van der Waals surface area contributed by atoms with E-state index in [2.05, 4.69) is 66.9 Å². The van der Waals surface area contributed by atoms with E-state index in [0.717, 1.165) is 24.3 Å². The monoisotopic (exact) mass is 343 g/mol. The van der Waals surface area contributed by atoms with Crippen molar-refractivity contribution >= 4 is 33.6 Å². The highest BCUT2D eigenvalue weighted by atomic mass is 127. The zero-order valence-electron chi connectivity index (χ0n) is 10.5. The molecule has 0 aliphatic carbocycles. The standard InChI is InChI=1S/C14H18INO/c1-4-10-11-6-5-7-12(15)14(11)17-13(10)8-16-9(2)3/h5-7,9,16H,4,8H2,1-3H3. The van der Waals surface area contributed by atoms with Crippen LogP contribution in [0.4, 0.5) is 0 Å². The lowest BCUT2D eigenvalue weighted by Crippen LogP contribution is -2.22. The molecular formula is C14H18INO.